The van der Waals surface area contributed by atoms with Gasteiger partial charge in [0.1, 0.15) is 0 Å². The summed E-state index contributed by atoms with van der Waals surface area (Å²) < 4.78 is 0. The molecule has 76 valence electrons. The van der Waals surface area contributed by atoms with Crippen molar-refractivity contribution in [2.45, 2.75) is 26.7 Å². The summed E-state index contributed by atoms with van der Waals surface area (Å²) in [5.74, 6) is 0.786. The summed E-state index contributed by atoms with van der Waals surface area (Å²) in [6, 6.07) is 0.178. The number of rotatable bonds is 4. The number of carbonyl (C=O) groups excluding carboxylic acids is 1. The van der Waals surface area contributed by atoms with Crippen molar-refractivity contribution >= 4 is 6.03 Å². The molecule has 3 heteroatoms. The SMILES string of the molecule is CCN(C)C(=O)N(CC)CC1CC1. The van der Waals surface area contributed by atoms with Crippen LogP contribution in [-0.4, -0.2) is 42.5 Å². The Labute approximate surface area is 80.7 Å². The van der Waals surface area contributed by atoms with E-state index in [1.165, 1.54) is 12.8 Å². The first-order valence-electron chi connectivity index (χ1n) is 5.19. The molecule has 0 bridgehead atoms. The van der Waals surface area contributed by atoms with Crippen LogP contribution in [0, 0.1) is 5.92 Å². The number of nitrogens with zero attached hydrogens (tertiary/aromatic N) is 2. The molecule has 0 N–H and O–H groups in total. The standard InChI is InChI=1S/C10H20N2O/c1-4-11(3)10(13)12(5-2)8-9-6-7-9/h9H,4-8H2,1-3H3. The average Bonchev–Trinajstić information content (AvgIpc) is 2.95. The van der Waals surface area contributed by atoms with E-state index in [4.69, 9.17) is 0 Å². The zero-order chi connectivity index (χ0) is 9.84. The van der Waals surface area contributed by atoms with Gasteiger partial charge in [-0.3, -0.25) is 0 Å². The fourth-order valence-electron chi connectivity index (χ4n) is 1.33. The highest BCUT2D eigenvalue weighted by molar-refractivity contribution is 5.74. The second-order valence-corrected chi connectivity index (χ2v) is 3.78. The van der Waals surface area contributed by atoms with Crippen LogP contribution >= 0.6 is 0 Å². The molecule has 1 saturated carbocycles. The normalized spacial score (nSPS) is 15.6. The van der Waals surface area contributed by atoms with Gasteiger partial charge in [0.05, 0.1) is 0 Å². The summed E-state index contributed by atoms with van der Waals surface area (Å²) in [4.78, 5) is 15.4. The lowest BCUT2D eigenvalue weighted by molar-refractivity contribution is 0.165. The Hall–Kier alpha value is -0.730. The molecule has 0 aliphatic heterocycles. The summed E-state index contributed by atoms with van der Waals surface area (Å²) in [7, 11) is 1.86. The van der Waals surface area contributed by atoms with Gasteiger partial charge in [-0.15, -0.1) is 0 Å². The van der Waals surface area contributed by atoms with Crippen molar-refractivity contribution < 1.29 is 4.79 Å². The molecule has 0 atom stereocenters. The van der Waals surface area contributed by atoms with Crippen LogP contribution in [0.5, 0.6) is 0 Å². The fourth-order valence-corrected chi connectivity index (χ4v) is 1.33. The number of hydrogen-bond donors (Lipinski definition) is 0. The number of urea groups is 1. The van der Waals surface area contributed by atoms with Gasteiger partial charge in [-0.2, -0.15) is 0 Å². The van der Waals surface area contributed by atoms with Crippen LogP contribution in [0.15, 0.2) is 0 Å². The number of hydrogen-bond acceptors (Lipinski definition) is 1. The molecule has 2 amide bonds. The predicted molar refractivity (Wildman–Crippen MR) is 53.7 cm³/mol. The highest BCUT2D eigenvalue weighted by Gasteiger charge is 2.26. The second-order valence-electron chi connectivity index (χ2n) is 3.78. The third-order valence-electron chi connectivity index (χ3n) is 2.63. The lowest BCUT2D eigenvalue weighted by atomic mass is 10.4. The third-order valence-corrected chi connectivity index (χ3v) is 2.63. The van der Waals surface area contributed by atoms with Crippen LogP contribution in [0.1, 0.15) is 26.7 Å². The monoisotopic (exact) mass is 184 g/mol. The zero-order valence-corrected chi connectivity index (χ0v) is 8.92. The van der Waals surface area contributed by atoms with Gasteiger partial charge in [0, 0.05) is 26.7 Å². The molecule has 1 fully saturated rings. The molecule has 0 aromatic carbocycles. The Bertz CT molecular complexity index is 178. The van der Waals surface area contributed by atoms with Gasteiger partial charge in [0.25, 0.3) is 0 Å². The van der Waals surface area contributed by atoms with Gasteiger partial charge in [-0.1, -0.05) is 0 Å². The highest BCUT2D eigenvalue weighted by Crippen LogP contribution is 2.29. The van der Waals surface area contributed by atoms with Gasteiger partial charge >= 0.3 is 6.03 Å². The highest BCUT2D eigenvalue weighted by atomic mass is 16.2. The number of carbonyl (C=O) groups is 1. The fraction of sp³-hybridized carbons (Fsp3) is 0.900. The molecule has 13 heavy (non-hydrogen) atoms. The van der Waals surface area contributed by atoms with E-state index in [2.05, 4.69) is 0 Å². The summed E-state index contributed by atoms with van der Waals surface area (Å²) in [5, 5.41) is 0. The van der Waals surface area contributed by atoms with Crippen LogP contribution in [-0.2, 0) is 0 Å². The van der Waals surface area contributed by atoms with Crippen LogP contribution in [0.3, 0.4) is 0 Å². The Kier molecular flexibility index (Phi) is 3.58. The van der Waals surface area contributed by atoms with Crippen LogP contribution in [0.25, 0.3) is 0 Å². The molecule has 1 aliphatic rings. The van der Waals surface area contributed by atoms with E-state index in [-0.39, 0.29) is 6.03 Å². The van der Waals surface area contributed by atoms with E-state index in [9.17, 15) is 4.79 Å². The van der Waals surface area contributed by atoms with Crippen LogP contribution < -0.4 is 0 Å². The van der Waals surface area contributed by atoms with Crippen molar-refractivity contribution in [3.63, 3.8) is 0 Å². The molecule has 0 spiro atoms. The van der Waals surface area contributed by atoms with Crippen molar-refractivity contribution in [1.82, 2.24) is 9.80 Å². The molecule has 3 nitrogen and oxygen atoms in total. The van der Waals surface area contributed by atoms with Gasteiger partial charge in [-0.05, 0) is 32.6 Å². The topological polar surface area (TPSA) is 23.6 Å². The molecule has 1 aliphatic carbocycles. The minimum Gasteiger partial charge on any atom is -0.328 e. The lowest BCUT2D eigenvalue weighted by Gasteiger charge is -2.26. The van der Waals surface area contributed by atoms with Gasteiger partial charge in [-0.25, -0.2) is 4.79 Å². The van der Waals surface area contributed by atoms with E-state index in [1.54, 1.807) is 4.90 Å². The molecule has 0 aromatic rings. The van der Waals surface area contributed by atoms with E-state index in [0.717, 1.165) is 25.6 Å². The minimum atomic E-state index is 0.178. The smallest absolute Gasteiger partial charge is 0.319 e. The van der Waals surface area contributed by atoms with E-state index >= 15 is 0 Å². The van der Waals surface area contributed by atoms with Crippen molar-refractivity contribution in [2.24, 2.45) is 5.92 Å². The van der Waals surface area contributed by atoms with Gasteiger partial charge in [0.15, 0.2) is 0 Å². The molecule has 0 unspecified atom stereocenters. The Morgan fingerprint density at radius 1 is 1.31 bits per heavy atom. The third kappa shape index (κ3) is 2.90. The van der Waals surface area contributed by atoms with Crippen molar-refractivity contribution in [3.8, 4) is 0 Å². The predicted octanol–water partition coefficient (Wildman–Crippen LogP) is 1.79. The Balaban J connectivity index is 2.38. The summed E-state index contributed by atoms with van der Waals surface area (Å²) in [6.45, 7) is 6.63. The van der Waals surface area contributed by atoms with Crippen LogP contribution in [0.4, 0.5) is 4.79 Å². The summed E-state index contributed by atoms with van der Waals surface area (Å²) >= 11 is 0. The molecule has 1 rings (SSSR count). The lowest BCUT2D eigenvalue weighted by Crippen LogP contribution is -2.41. The molecular formula is C10H20N2O. The second kappa shape index (κ2) is 4.49. The van der Waals surface area contributed by atoms with E-state index in [1.807, 2.05) is 25.8 Å². The van der Waals surface area contributed by atoms with E-state index < -0.39 is 0 Å². The quantitative estimate of drug-likeness (QED) is 0.653. The molecule has 0 radical (unpaired) electrons. The molecule has 0 saturated heterocycles. The van der Waals surface area contributed by atoms with Crippen molar-refractivity contribution in [1.29, 1.82) is 0 Å². The largest absolute Gasteiger partial charge is 0.328 e. The zero-order valence-electron chi connectivity index (χ0n) is 8.92. The average molecular weight is 184 g/mol. The molecule has 0 heterocycles. The molecular weight excluding hydrogens is 164 g/mol. The van der Waals surface area contributed by atoms with Gasteiger partial charge in [0.2, 0.25) is 0 Å². The Morgan fingerprint density at radius 2 is 1.92 bits per heavy atom. The van der Waals surface area contributed by atoms with Crippen molar-refractivity contribution in [3.05, 3.63) is 0 Å². The first kappa shape index (κ1) is 10.4. The Morgan fingerprint density at radius 3 is 2.31 bits per heavy atom. The first-order chi connectivity index (χ1) is 6.19. The number of amides is 2. The van der Waals surface area contributed by atoms with Crippen molar-refractivity contribution in [2.75, 3.05) is 26.7 Å². The molecule has 0 aromatic heterocycles. The summed E-state index contributed by atoms with van der Waals surface area (Å²) in [5.41, 5.74) is 0. The maximum Gasteiger partial charge on any atom is 0.319 e. The maximum atomic E-state index is 11.7. The van der Waals surface area contributed by atoms with E-state index in [0.29, 0.717) is 0 Å². The first-order valence-corrected chi connectivity index (χ1v) is 5.19. The van der Waals surface area contributed by atoms with Gasteiger partial charge < -0.3 is 9.80 Å². The summed E-state index contributed by atoms with van der Waals surface area (Å²) in [6.07, 6.45) is 2.61. The van der Waals surface area contributed by atoms with Crippen LogP contribution in [0.2, 0.25) is 0 Å². The maximum absolute atomic E-state index is 11.7. The minimum absolute atomic E-state index is 0.178.